The monoisotopic (exact) mass is 360 g/mol. The van der Waals surface area contributed by atoms with Gasteiger partial charge in [0.15, 0.2) is 0 Å². The van der Waals surface area contributed by atoms with Gasteiger partial charge >= 0.3 is 0 Å². The molecule has 2 rings (SSSR count). The fourth-order valence-corrected chi connectivity index (χ4v) is 6.50. The number of amides is 1. The standard InChI is InChI=1S/C16H30N3O2S2/c1-15(2)11-18(12-16(3,4)19(15)21)17-14(20)8-6-5-7-13-9-10-22-23-13/h13H,5-12H2,1-4H3,(H,17,20). The van der Waals surface area contributed by atoms with Crippen molar-refractivity contribution in [2.45, 2.75) is 76.1 Å². The molecule has 23 heavy (non-hydrogen) atoms. The molecule has 0 aromatic heterocycles. The van der Waals surface area contributed by atoms with Gasteiger partial charge in [-0.3, -0.25) is 10.2 Å². The summed E-state index contributed by atoms with van der Waals surface area (Å²) in [6.07, 6.45) is 5.17. The summed E-state index contributed by atoms with van der Waals surface area (Å²) in [5, 5.41) is 16.2. The molecule has 2 saturated heterocycles. The van der Waals surface area contributed by atoms with Crippen LogP contribution < -0.4 is 5.43 Å². The number of hydrazine groups is 1. The van der Waals surface area contributed by atoms with Crippen molar-refractivity contribution in [1.29, 1.82) is 0 Å². The molecule has 0 aliphatic carbocycles. The van der Waals surface area contributed by atoms with Crippen molar-refractivity contribution in [3.8, 4) is 0 Å². The van der Waals surface area contributed by atoms with Gasteiger partial charge in [0.2, 0.25) is 5.91 Å². The van der Waals surface area contributed by atoms with Gasteiger partial charge in [0, 0.05) is 30.5 Å². The van der Waals surface area contributed by atoms with Gasteiger partial charge in [-0.2, -0.15) is 0 Å². The van der Waals surface area contributed by atoms with E-state index in [9.17, 15) is 10.0 Å². The van der Waals surface area contributed by atoms with Crippen LogP contribution in [-0.4, -0.2) is 51.1 Å². The number of hydrogen-bond donors (Lipinski definition) is 1. The molecule has 2 aliphatic heterocycles. The first kappa shape index (κ1) is 19.4. The van der Waals surface area contributed by atoms with Crippen molar-refractivity contribution in [2.75, 3.05) is 18.8 Å². The lowest BCUT2D eigenvalue weighted by atomic mass is 9.91. The van der Waals surface area contributed by atoms with Crippen molar-refractivity contribution in [3.63, 3.8) is 0 Å². The van der Waals surface area contributed by atoms with Crippen LogP contribution in [0, 0.1) is 0 Å². The van der Waals surface area contributed by atoms with Crippen molar-refractivity contribution in [3.05, 3.63) is 0 Å². The summed E-state index contributed by atoms with van der Waals surface area (Å²) in [5.41, 5.74) is 2.01. The molecule has 2 fully saturated rings. The molecule has 2 aliphatic rings. The first-order chi connectivity index (χ1) is 10.7. The Bertz CT molecular complexity index is 394. The summed E-state index contributed by atoms with van der Waals surface area (Å²) in [6.45, 7) is 8.83. The number of nitrogens with one attached hydrogen (secondary N) is 1. The molecule has 1 N–H and O–H groups in total. The molecule has 1 radical (unpaired) electrons. The average Bonchev–Trinajstić information content (AvgIpc) is 2.93. The highest BCUT2D eigenvalue weighted by atomic mass is 33.1. The van der Waals surface area contributed by atoms with Crippen molar-refractivity contribution >= 4 is 27.5 Å². The maximum Gasteiger partial charge on any atom is 0.234 e. The Balaban J connectivity index is 1.70. The smallest absolute Gasteiger partial charge is 0.234 e. The Kier molecular flexibility index (Phi) is 6.70. The second-order valence-electron chi connectivity index (χ2n) is 7.88. The fraction of sp³-hybridized carbons (Fsp3) is 0.938. The van der Waals surface area contributed by atoms with Gasteiger partial charge in [0.25, 0.3) is 0 Å². The maximum absolute atomic E-state index is 12.3. The Morgan fingerprint density at radius 3 is 2.39 bits per heavy atom. The van der Waals surface area contributed by atoms with Crippen molar-refractivity contribution < 1.29 is 10.0 Å². The molecular weight excluding hydrogens is 330 g/mol. The zero-order chi connectivity index (χ0) is 17.1. The maximum atomic E-state index is 12.3. The van der Waals surface area contributed by atoms with E-state index in [4.69, 9.17) is 0 Å². The van der Waals surface area contributed by atoms with E-state index in [1.807, 2.05) is 54.3 Å². The van der Waals surface area contributed by atoms with Crippen LogP contribution in [0.2, 0.25) is 0 Å². The topological polar surface area (TPSA) is 55.5 Å². The Labute approximate surface area is 148 Å². The van der Waals surface area contributed by atoms with E-state index >= 15 is 0 Å². The highest BCUT2D eigenvalue weighted by Gasteiger charge is 2.45. The quantitative estimate of drug-likeness (QED) is 0.582. The number of carbonyl (C=O) groups is 1. The molecule has 0 spiro atoms. The SMILES string of the molecule is CC1(C)CN(NC(=O)CCCCC2CCSS2)CC(C)(C)N1[O]. The summed E-state index contributed by atoms with van der Waals surface area (Å²) in [5.74, 6) is 1.34. The van der Waals surface area contributed by atoms with Gasteiger partial charge in [-0.25, -0.2) is 5.01 Å². The minimum absolute atomic E-state index is 0.0735. The molecule has 2 heterocycles. The van der Waals surface area contributed by atoms with Crippen LogP contribution in [0.4, 0.5) is 0 Å². The largest absolute Gasteiger partial charge is 0.289 e. The van der Waals surface area contributed by atoms with E-state index in [-0.39, 0.29) is 5.91 Å². The van der Waals surface area contributed by atoms with Gasteiger partial charge in [0.1, 0.15) is 0 Å². The molecular formula is C16H30N3O2S2. The molecule has 1 atom stereocenters. The van der Waals surface area contributed by atoms with E-state index in [1.54, 1.807) is 0 Å². The summed E-state index contributed by atoms with van der Waals surface area (Å²) in [7, 11) is 3.97. The zero-order valence-corrected chi connectivity index (χ0v) is 16.4. The predicted octanol–water partition coefficient (Wildman–Crippen LogP) is 3.25. The van der Waals surface area contributed by atoms with Gasteiger partial charge in [-0.15, -0.1) is 10.3 Å². The van der Waals surface area contributed by atoms with Crippen LogP contribution in [-0.2, 0) is 10.0 Å². The van der Waals surface area contributed by atoms with Gasteiger partial charge < -0.3 is 0 Å². The minimum atomic E-state index is -0.494. The Hall–Kier alpha value is 0.0500. The Morgan fingerprint density at radius 1 is 1.17 bits per heavy atom. The predicted molar refractivity (Wildman–Crippen MR) is 97.3 cm³/mol. The van der Waals surface area contributed by atoms with Crippen molar-refractivity contribution in [1.82, 2.24) is 15.5 Å². The normalized spacial score (nSPS) is 28.0. The molecule has 0 aromatic carbocycles. The van der Waals surface area contributed by atoms with Crippen LogP contribution in [0.5, 0.6) is 0 Å². The van der Waals surface area contributed by atoms with Crippen LogP contribution in [0.15, 0.2) is 0 Å². The Morgan fingerprint density at radius 2 is 1.83 bits per heavy atom. The molecule has 7 heteroatoms. The van der Waals surface area contributed by atoms with Crippen LogP contribution in [0.25, 0.3) is 0 Å². The second kappa shape index (κ2) is 7.95. The summed E-state index contributed by atoms with van der Waals surface area (Å²) in [4.78, 5) is 12.2. The third-order valence-electron chi connectivity index (χ3n) is 4.45. The fourth-order valence-electron chi connectivity index (χ4n) is 3.47. The van der Waals surface area contributed by atoms with E-state index in [0.717, 1.165) is 18.1 Å². The number of piperazine rings is 1. The first-order valence-corrected chi connectivity index (χ1v) is 10.9. The zero-order valence-electron chi connectivity index (χ0n) is 14.8. The van der Waals surface area contributed by atoms with Crippen LogP contribution >= 0.6 is 21.6 Å². The lowest BCUT2D eigenvalue weighted by Crippen LogP contribution is -2.69. The summed E-state index contributed by atoms with van der Waals surface area (Å²) < 4.78 is 0. The third kappa shape index (κ3) is 5.53. The van der Waals surface area contributed by atoms with Gasteiger partial charge in [-0.1, -0.05) is 28.0 Å². The first-order valence-electron chi connectivity index (χ1n) is 8.51. The molecule has 1 amide bonds. The number of unbranched alkanes of at least 4 members (excludes halogenated alkanes) is 1. The van der Waals surface area contributed by atoms with Gasteiger partial charge in [0.05, 0.1) is 11.1 Å². The van der Waals surface area contributed by atoms with E-state index in [2.05, 4.69) is 5.43 Å². The molecule has 1 unspecified atom stereocenters. The number of carbonyl (C=O) groups excluding carboxylic acids is 1. The van der Waals surface area contributed by atoms with Crippen LogP contribution in [0.1, 0.15) is 59.8 Å². The van der Waals surface area contributed by atoms with Crippen LogP contribution in [0.3, 0.4) is 0 Å². The van der Waals surface area contributed by atoms with E-state index in [0.29, 0.717) is 19.5 Å². The lowest BCUT2D eigenvalue weighted by Gasteiger charge is -2.51. The highest BCUT2D eigenvalue weighted by Crippen LogP contribution is 2.39. The number of rotatable bonds is 6. The molecule has 0 aromatic rings. The molecule has 133 valence electrons. The molecule has 0 bridgehead atoms. The van der Waals surface area contributed by atoms with E-state index in [1.165, 1.54) is 23.7 Å². The van der Waals surface area contributed by atoms with Crippen molar-refractivity contribution in [2.24, 2.45) is 0 Å². The number of hydroxylamine groups is 2. The van der Waals surface area contributed by atoms with Gasteiger partial charge in [-0.05, 0) is 47.0 Å². The highest BCUT2D eigenvalue weighted by molar-refractivity contribution is 8.77. The third-order valence-corrected chi connectivity index (χ3v) is 7.45. The lowest BCUT2D eigenvalue weighted by molar-refractivity contribution is -0.298. The summed E-state index contributed by atoms with van der Waals surface area (Å²) in [6, 6.07) is 0. The number of hydrogen-bond acceptors (Lipinski definition) is 5. The molecule has 5 nitrogen and oxygen atoms in total. The summed E-state index contributed by atoms with van der Waals surface area (Å²) >= 11 is 0. The van der Waals surface area contributed by atoms with E-state index < -0.39 is 11.1 Å². The molecule has 0 saturated carbocycles. The number of nitrogens with zero attached hydrogens (tertiary/aromatic N) is 2. The average molecular weight is 361 g/mol. The minimum Gasteiger partial charge on any atom is -0.289 e. The second-order valence-corrected chi connectivity index (χ2v) is 10.7.